The van der Waals surface area contributed by atoms with Crippen LogP contribution < -0.4 is 16.2 Å². The Kier molecular flexibility index (Phi) is 4.55. The lowest BCUT2D eigenvalue weighted by atomic mass is 9.72. The first-order valence-electron chi connectivity index (χ1n) is 9.21. The Morgan fingerprint density at radius 3 is 2.67 bits per heavy atom. The zero-order valence-corrected chi connectivity index (χ0v) is 16.7. The van der Waals surface area contributed by atoms with Gasteiger partial charge in [0.15, 0.2) is 5.06 Å². The Morgan fingerprint density at radius 2 is 1.96 bits per heavy atom. The van der Waals surface area contributed by atoms with Gasteiger partial charge in [-0.15, -0.1) is 0 Å². The van der Waals surface area contributed by atoms with Gasteiger partial charge in [0.1, 0.15) is 19.3 Å². The fourth-order valence-corrected chi connectivity index (χ4v) is 5.13. The van der Waals surface area contributed by atoms with E-state index in [0.717, 1.165) is 58.2 Å². The Hall–Kier alpha value is -2.19. The highest BCUT2D eigenvalue weighted by Gasteiger charge is 2.42. The molecule has 2 aliphatic rings. The van der Waals surface area contributed by atoms with Crippen LogP contribution in [-0.4, -0.2) is 34.9 Å². The van der Waals surface area contributed by atoms with Crippen LogP contribution in [-0.2, 0) is 10.3 Å². The van der Waals surface area contributed by atoms with Crippen molar-refractivity contribution in [1.29, 1.82) is 0 Å². The molecule has 8 heteroatoms. The lowest BCUT2D eigenvalue weighted by Crippen LogP contribution is -2.35. The van der Waals surface area contributed by atoms with Crippen molar-refractivity contribution in [3.05, 3.63) is 23.5 Å². The van der Waals surface area contributed by atoms with Gasteiger partial charge in [0, 0.05) is 28.7 Å². The molecule has 2 aromatic heterocycles. The molecule has 1 saturated carbocycles. The van der Waals surface area contributed by atoms with E-state index in [2.05, 4.69) is 35.0 Å². The van der Waals surface area contributed by atoms with Crippen molar-refractivity contribution in [3.8, 4) is 15.6 Å². The second-order valence-electron chi connectivity index (χ2n) is 7.69. The van der Waals surface area contributed by atoms with Crippen LogP contribution in [0.5, 0.6) is 5.06 Å². The third kappa shape index (κ3) is 3.06. The number of hydrogen-bond donors (Lipinski definition) is 2. The summed E-state index contributed by atoms with van der Waals surface area (Å²) < 4.78 is 6.29. The second-order valence-corrected chi connectivity index (χ2v) is 8.71. The maximum Gasteiger partial charge on any atom is 0.175 e. The summed E-state index contributed by atoms with van der Waals surface area (Å²) in [6.07, 6.45) is 5.70. The summed E-state index contributed by atoms with van der Waals surface area (Å²) in [6.45, 7) is 4.13. The summed E-state index contributed by atoms with van der Waals surface area (Å²) in [5.41, 5.74) is 15.3. The van der Waals surface area contributed by atoms with Gasteiger partial charge in [-0.2, -0.15) is 0 Å². The molecule has 0 unspecified atom stereocenters. The molecule has 0 bridgehead atoms. The minimum Gasteiger partial charge on any atom is -0.481 e. The van der Waals surface area contributed by atoms with Gasteiger partial charge < -0.3 is 21.0 Å². The number of nitrogens with two attached hydrogens (primary N) is 2. The minimum atomic E-state index is -0.473. The first-order valence-corrected chi connectivity index (χ1v) is 10.0. The summed E-state index contributed by atoms with van der Waals surface area (Å²) in [7, 11) is 1.55. The van der Waals surface area contributed by atoms with Crippen LogP contribution in [0.25, 0.3) is 10.6 Å². The van der Waals surface area contributed by atoms with Gasteiger partial charge in [-0.05, 0) is 39.5 Å². The number of anilines is 1. The van der Waals surface area contributed by atoms with E-state index < -0.39 is 5.41 Å². The first-order chi connectivity index (χ1) is 12.9. The third-order valence-corrected chi connectivity index (χ3v) is 6.49. The maximum absolute atomic E-state index is 6.29. The van der Waals surface area contributed by atoms with Gasteiger partial charge in [-0.3, -0.25) is 0 Å². The lowest BCUT2D eigenvalue weighted by molar-refractivity contribution is 0.152. The molecule has 2 aromatic rings. The quantitative estimate of drug-likeness (QED) is 0.784. The Labute approximate surface area is 162 Å². The van der Waals surface area contributed by atoms with Gasteiger partial charge in [-0.25, -0.2) is 9.97 Å². The van der Waals surface area contributed by atoms with Crippen LogP contribution in [0.4, 0.5) is 5.82 Å². The number of ether oxygens (including phenoxy) is 1. The fraction of sp³-hybridized carbons (Fsp3) is 0.526. The van der Waals surface area contributed by atoms with Crippen molar-refractivity contribution in [1.82, 2.24) is 9.97 Å². The van der Waals surface area contributed by atoms with E-state index in [9.17, 15) is 0 Å². The highest BCUT2D eigenvalue weighted by molar-refractivity contribution is 7.17. The topological polar surface area (TPSA) is 109 Å². The molecule has 0 saturated heterocycles. The number of thiophene rings is 1. The molecule has 0 radical (unpaired) electrons. The number of nitrogen functional groups attached to an aromatic ring is 1. The van der Waals surface area contributed by atoms with E-state index in [4.69, 9.17) is 21.0 Å². The van der Waals surface area contributed by atoms with Gasteiger partial charge in [0.25, 0.3) is 0 Å². The number of hydrogen-bond acceptors (Lipinski definition) is 8. The Balaban J connectivity index is 1.77. The molecular formula is C19H25N5O2S. The van der Waals surface area contributed by atoms with Crippen molar-refractivity contribution >= 4 is 22.9 Å². The van der Waals surface area contributed by atoms with E-state index in [1.54, 1.807) is 18.4 Å². The van der Waals surface area contributed by atoms with Crippen molar-refractivity contribution in [2.45, 2.75) is 57.1 Å². The predicted molar refractivity (Wildman–Crippen MR) is 107 cm³/mol. The van der Waals surface area contributed by atoms with Crippen LogP contribution in [0, 0.1) is 0 Å². The van der Waals surface area contributed by atoms with Crippen molar-refractivity contribution in [2.75, 3.05) is 12.8 Å². The molecule has 0 atom stereocenters. The van der Waals surface area contributed by atoms with Gasteiger partial charge in [0.05, 0.1) is 22.4 Å². The zero-order chi connectivity index (χ0) is 19.2. The zero-order valence-electron chi connectivity index (χ0n) is 15.9. The SMILES string of the molecule is CON=C1c2cc(O[C@H]3CC[C@H](N)CC3)sc2-c2ncnc(N)c2C1(C)C. The smallest absolute Gasteiger partial charge is 0.175 e. The normalized spacial score (nSPS) is 25.0. The molecule has 0 aliphatic heterocycles. The maximum atomic E-state index is 6.29. The van der Waals surface area contributed by atoms with E-state index in [-0.39, 0.29) is 6.10 Å². The number of rotatable bonds is 3. The summed E-state index contributed by atoms with van der Waals surface area (Å²) in [5.74, 6) is 0.469. The molecule has 27 heavy (non-hydrogen) atoms. The van der Waals surface area contributed by atoms with Crippen molar-refractivity contribution < 1.29 is 9.57 Å². The van der Waals surface area contributed by atoms with Crippen molar-refractivity contribution in [3.63, 3.8) is 0 Å². The van der Waals surface area contributed by atoms with Crippen LogP contribution in [0.3, 0.4) is 0 Å². The molecule has 1 fully saturated rings. The number of aromatic nitrogens is 2. The number of nitrogens with zero attached hydrogens (tertiary/aromatic N) is 3. The highest BCUT2D eigenvalue weighted by atomic mass is 32.1. The molecule has 0 amide bonds. The highest BCUT2D eigenvalue weighted by Crippen LogP contribution is 2.49. The molecule has 0 aromatic carbocycles. The fourth-order valence-electron chi connectivity index (χ4n) is 4.05. The molecule has 2 aliphatic carbocycles. The predicted octanol–water partition coefficient (Wildman–Crippen LogP) is 3.08. The number of oxime groups is 1. The molecule has 2 heterocycles. The van der Waals surface area contributed by atoms with Crippen LogP contribution >= 0.6 is 11.3 Å². The first kappa shape index (κ1) is 18.2. The Bertz CT molecular complexity index is 884. The molecule has 4 N–H and O–H groups in total. The molecular weight excluding hydrogens is 362 g/mol. The molecule has 7 nitrogen and oxygen atoms in total. The summed E-state index contributed by atoms with van der Waals surface area (Å²) in [4.78, 5) is 14.9. The monoisotopic (exact) mass is 387 g/mol. The van der Waals surface area contributed by atoms with Crippen LogP contribution in [0.2, 0.25) is 0 Å². The van der Waals surface area contributed by atoms with Gasteiger partial charge in [-0.1, -0.05) is 16.5 Å². The molecule has 144 valence electrons. The minimum absolute atomic E-state index is 0.204. The van der Waals surface area contributed by atoms with Crippen LogP contribution in [0.15, 0.2) is 17.5 Å². The van der Waals surface area contributed by atoms with Crippen LogP contribution in [0.1, 0.15) is 50.7 Å². The molecule has 4 rings (SSSR count). The van der Waals surface area contributed by atoms with E-state index in [1.807, 2.05) is 0 Å². The van der Waals surface area contributed by atoms with Crippen molar-refractivity contribution in [2.24, 2.45) is 10.9 Å². The van der Waals surface area contributed by atoms with Gasteiger partial charge >= 0.3 is 0 Å². The molecule has 0 spiro atoms. The summed E-state index contributed by atoms with van der Waals surface area (Å²) in [6, 6.07) is 2.35. The average Bonchev–Trinajstić information content (AvgIpc) is 3.04. The third-order valence-electron chi connectivity index (χ3n) is 5.46. The van der Waals surface area contributed by atoms with E-state index >= 15 is 0 Å². The number of fused-ring (bicyclic) bond motifs is 3. The van der Waals surface area contributed by atoms with E-state index in [0.29, 0.717) is 11.9 Å². The lowest BCUT2D eigenvalue weighted by Gasteiger charge is -2.32. The van der Waals surface area contributed by atoms with E-state index in [1.165, 1.54) is 6.33 Å². The second kappa shape index (κ2) is 6.76. The standard InChI is InChI=1S/C19H25N5O2S/c1-19(2)14-15(22-9-23-18(14)21)16-12(17(19)24-25-3)8-13(27-16)26-11-6-4-10(20)5-7-11/h8-11H,4-7,20H2,1-3H3,(H2,21,22,23)/t10-,11-. The van der Waals surface area contributed by atoms with Gasteiger partial charge in [0.2, 0.25) is 0 Å². The average molecular weight is 388 g/mol. The summed E-state index contributed by atoms with van der Waals surface area (Å²) >= 11 is 1.58. The summed E-state index contributed by atoms with van der Waals surface area (Å²) in [5, 5.41) is 5.19. The largest absolute Gasteiger partial charge is 0.481 e. The Morgan fingerprint density at radius 1 is 1.22 bits per heavy atom.